The Bertz CT molecular complexity index is 2810. The van der Waals surface area contributed by atoms with Crippen molar-refractivity contribution in [2.24, 2.45) is 0 Å². The highest BCUT2D eigenvalue weighted by molar-refractivity contribution is 7.26. The summed E-state index contributed by atoms with van der Waals surface area (Å²) >= 11 is 1.80. The second-order valence-electron chi connectivity index (χ2n) is 12.2. The first-order valence-electron chi connectivity index (χ1n) is 16.5. The van der Waals surface area contributed by atoms with Gasteiger partial charge in [0.2, 0.25) is 5.89 Å². The number of oxazole rings is 1. The maximum absolute atomic E-state index is 6.52. The Morgan fingerprint density at radius 2 is 0.940 bits per heavy atom. The highest BCUT2D eigenvalue weighted by Crippen LogP contribution is 2.47. The summed E-state index contributed by atoms with van der Waals surface area (Å²) in [6, 6.07) is 53.9. The Morgan fingerprint density at radius 3 is 1.60 bits per heavy atom. The van der Waals surface area contributed by atoms with Gasteiger partial charge in [0.05, 0.1) is 0 Å². The normalized spacial score (nSPS) is 11.6. The predicted octanol–water partition coefficient (Wildman–Crippen LogP) is 11.9. The molecule has 7 aromatic carbocycles. The van der Waals surface area contributed by atoms with Crippen LogP contribution >= 0.6 is 11.3 Å². The molecule has 0 fully saturated rings. The molecule has 0 radical (unpaired) electrons. The van der Waals surface area contributed by atoms with Gasteiger partial charge in [0.1, 0.15) is 5.52 Å². The molecule has 3 heterocycles. The van der Waals surface area contributed by atoms with Crippen LogP contribution in [-0.4, -0.2) is 19.9 Å². The standard InChI is InChI=1S/C44H26N4OS/c1-4-14-27(15-5-1)41-46-42(28-16-6-2-7-17-28)48-43(47-41)33-25-24-32(30-20-10-11-21-31(30)33)35-26-36-39(45-44(49-36)29-18-8-3-9-19-29)38-34-22-12-13-23-37(34)50-40(35)38/h1-26H. The topological polar surface area (TPSA) is 64.7 Å². The number of rotatable bonds is 5. The average molecular weight is 659 g/mol. The molecule has 50 heavy (non-hydrogen) atoms. The third-order valence-electron chi connectivity index (χ3n) is 9.18. The Balaban J connectivity index is 1.22. The number of hydrogen-bond acceptors (Lipinski definition) is 6. The molecule has 10 aromatic rings. The number of benzene rings is 7. The number of fused-ring (bicyclic) bond motifs is 6. The zero-order valence-corrected chi connectivity index (χ0v) is 27.4. The minimum Gasteiger partial charge on any atom is -0.436 e. The van der Waals surface area contributed by atoms with Gasteiger partial charge in [0, 0.05) is 48.0 Å². The Hall–Kier alpha value is -6.50. The van der Waals surface area contributed by atoms with Crippen LogP contribution in [-0.2, 0) is 0 Å². The van der Waals surface area contributed by atoms with Crippen molar-refractivity contribution in [1.29, 1.82) is 0 Å². The molecular weight excluding hydrogens is 633 g/mol. The zero-order chi connectivity index (χ0) is 33.0. The van der Waals surface area contributed by atoms with E-state index in [1.165, 1.54) is 14.8 Å². The molecule has 0 atom stereocenters. The summed E-state index contributed by atoms with van der Waals surface area (Å²) in [5.74, 6) is 2.53. The molecular formula is C44H26N4OS. The lowest BCUT2D eigenvalue weighted by Crippen LogP contribution is -2.00. The van der Waals surface area contributed by atoms with Gasteiger partial charge in [0.15, 0.2) is 23.1 Å². The molecule has 0 amide bonds. The first-order valence-corrected chi connectivity index (χ1v) is 17.3. The molecule has 0 saturated carbocycles. The van der Waals surface area contributed by atoms with Crippen LogP contribution in [0, 0.1) is 0 Å². The molecule has 0 aliphatic heterocycles. The summed E-state index contributed by atoms with van der Waals surface area (Å²) in [5.41, 5.74) is 7.65. The molecule has 6 heteroatoms. The van der Waals surface area contributed by atoms with Gasteiger partial charge in [-0.25, -0.2) is 19.9 Å². The minimum absolute atomic E-state index is 0.618. The van der Waals surface area contributed by atoms with E-state index in [-0.39, 0.29) is 0 Å². The van der Waals surface area contributed by atoms with E-state index in [1.807, 2.05) is 91.0 Å². The molecule has 0 spiro atoms. The van der Waals surface area contributed by atoms with Gasteiger partial charge in [-0.15, -0.1) is 11.3 Å². The van der Waals surface area contributed by atoms with Gasteiger partial charge in [-0.05, 0) is 46.7 Å². The van der Waals surface area contributed by atoms with Crippen LogP contribution in [0.2, 0.25) is 0 Å². The summed E-state index contributed by atoms with van der Waals surface area (Å²) < 4.78 is 8.92. The summed E-state index contributed by atoms with van der Waals surface area (Å²) in [6.45, 7) is 0. The van der Waals surface area contributed by atoms with Crippen molar-refractivity contribution >= 4 is 53.4 Å². The Morgan fingerprint density at radius 1 is 0.420 bits per heavy atom. The van der Waals surface area contributed by atoms with E-state index < -0.39 is 0 Å². The van der Waals surface area contributed by atoms with Crippen molar-refractivity contribution in [3.63, 3.8) is 0 Å². The molecule has 0 unspecified atom stereocenters. The molecule has 0 bridgehead atoms. The number of nitrogens with zero attached hydrogens (tertiary/aromatic N) is 4. The lowest BCUT2D eigenvalue weighted by atomic mass is 9.93. The Labute approximate surface area is 291 Å². The zero-order valence-electron chi connectivity index (χ0n) is 26.6. The van der Waals surface area contributed by atoms with E-state index >= 15 is 0 Å². The van der Waals surface area contributed by atoms with Crippen molar-refractivity contribution < 1.29 is 4.42 Å². The van der Waals surface area contributed by atoms with Crippen molar-refractivity contribution in [1.82, 2.24) is 19.9 Å². The van der Waals surface area contributed by atoms with E-state index in [9.17, 15) is 0 Å². The van der Waals surface area contributed by atoms with E-state index in [0.717, 1.165) is 60.6 Å². The van der Waals surface area contributed by atoms with E-state index in [0.29, 0.717) is 23.4 Å². The maximum Gasteiger partial charge on any atom is 0.227 e. The van der Waals surface area contributed by atoms with Crippen LogP contribution in [0.3, 0.4) is 0 Å². The lowest BCUT2D eigenvalue weighted by molar-refractivity contribution is 0.620. The fourth-order valence-corrected chi connectivity index (χ4v) is 8.07. The summed E-state index contributed by atoms with van der Waals surface area (Å²) in [5, 5.41) is 4.47. The first kappa shape index (κ1) is 28.5. The van der Waals surface area contributed by atoms with Crippen molar-refractivity contribution in [2.45, 2.75) is 0 Å². The largest absolute Gasteiger partial charge is 0.436 e. The van der Waals surface area contributed by atoms with Crippen LogP contribution in [0.5, 0.6) is 0 Å². The second-order valence-corrected chi connectivity index (χ2v) is 13.3. The number of hydrogen-bond donors (Lipinski definition) is 0. The van der Waals surface area contributed by atoms with Crippen LogP contribution in [0.1, 0.15) is 0 Å². The third kappa shape index (κ3) is 4.69. The highest BCUT2D eigenvalue weighted by atomic mass is 32.1. The van der Waals surface area contributed by atoms with Crippen molar-refractivity contribution in [3.05, 3.63) is 158 Å². The van der Waals surface area contributed by atoms with Gasteiger partial charge >= 0.3 is 0 Å². The summed E-state index contributed by atoms with van der Waals surface area (Å²) in [6.07, 6.45) is 0. The maximum atomic E-state index is 6.52. The molecule has 0 saturated heterocycles. The number of thiophene rings is 1. The van der Waals surface area contributed by atoms with Gasteiger partial charge in [0.25, 0.3) is 0 Å². The van der Waals surface area contributed by atoms with E-state index in [1.54, 1.807) is 11.3 Å². The van der Waals surface area contributed by atoms with Gasteiger partial charge < -0.3 is 4.42 Å². The smallest absolute Gasteiger partial charge is 0.227 e. The lowest BCUT2D eigenvalue weighted by Gasteiger charge is -2.13. The van der Waals surface area contributed by atoms with Gasteiger partial charge in [-0.2, -0.15) is 0 Å². The van der Waals surface area contributed by atoms with Crippen LogP contribution in [0.4, 0.5) is 0 Å². The molecule has 234 valence electrons. The second kappa shape index (κ2) is 11.6. The van der Waals surface area contributed by atoms with Crippen LogP contribution < -0.4 is 0 Å². The first-order chi connectivity index (χ1) is 24.8. The molecule has 5 nitrogen and oxygen atoms in total. The van der Waals surface area contributed by atoms with Crippen LogP contribution in [0.25, 0.3) is 98.8 Å². The van der Waals surface area contributed by atoms with E-state index in [4.69, 9.17) is 24.4 Å². The quantitative estimate of drug-likeness (QED) is 0.184. The average Bonchev–Trinajstić information content (AvgIpc) is 3.80. The summed E-state index contributed by atoms with van der Waals surface area (Å²) in [4.78, 5) is 20.1. The third-order valence-corrected chi connectivity index (χ3v) is 10.4. The van der Waals surface area contributed by atoms with Crippen molar-refractivity contribution in [2.75, 3.05) is 0 Å². The highest BCUT2D eigenvalue weighted by Gasteiger charge is 2.22. The minimum atomic E-state index is 0.618. The van der Waals surface area contributed by atoms with Crippen LogP contribution in [0.15, 0.2) is 162 Å². The molecule has 0 aliphatic rings. The molecule has 3 aromatic heterocycles. The SMILES string of the molecule is c1ccc(-c2nc(-c3ccccc3)nc(-c3ccc(-c4cc5oc(-c6ccccc6)nc5c5c4sc4ccccc45)c4ccccc34)n2)cc1. The fraction of sp³-hybridized carbons (Fsp3) is 0. The molecule has 0 N–H and O–H groups in total. The predicted molar refractivity (Wildman–Crippen MR) is 205 cm³/mol. The van der Waals surface area contributed by atoms with Crippen molar-refractivity contribution in [3.8, 4) is 56.7 Å². The molecule has 10 rings (SSSR count). The monoisotopic (exact) mass is 658 g/mol. The Kier molecular flexibility index (Phi) is 6.60. The number of aromatic nitrogens is 4. The van der Waals surface area contributed by atoms with Gasteiger partial charge in [-0.3, -0.25) is 0 Å². The van der Waals surface area contributed by atoms with E-state index in [2.05, 4.69) is 66.7 Å². The fourth-order valence-electron chi connectivity index (χ4n) is 6.84. The molecule has 0 aliphatic carbocycles. The van der Waals surface area contributed by atoms with Gasteiger partial charge in [-0.1, -0.05) is 127 Å². The summed E-state index contributed by atoms with van der Waals surface area (Å²) in [7, 11) is 0.